The van der Waals surface area contributed by atoms with Crippen molar-refractivity contribution in [3.63, 3.8) is 0 Å². The number of halogens is 1. The summed E-state index contributed by atoms with van der Waals surface area (Å²) in [5, 5.41) is 13.2. The number of hydrogen-bond acceptors (Lipinski definition) is 2. The van der Waals surface area contributed by atoms with Crippen molar-refractivity contribution in [1.82, 2.24) is 0 Å². The van der Waals surface area contributed by atoms with Gasteiger partial charge in [-0.2, -0.15) is 0 Å². The zero-order valence-corrected chi connectivity index (χ0v) is 10.8. The van der Waals surface area contributed by atoms with Crippen LogP contribution in [-0.4, -0.2) is 11.0 Å². The fourth-order valence-corrected chi connectivity index (χ4v) is 3.27. The predicted octanol–water partition coefficient (Wildman–Crippen LogP) is 2.93. The quantitative estimate of drug-likeness (QED) is 0.862. The van der Waals surface area contributed by atoms with Crippen LogP contribution in [0.5, 0.6) is 0 Å². The Morgan fingerprint density at radius 3 is 2.74 bits per heavy atom. The summed E-state index contributed by atoms with van der Waals surface area (Å²) < 4.78 is 13.6. The molecule has 1 aliphatic carbocycles. The summed E-state index contributed by atoms with van der Waals surface area (Å²) in [6.45, 7) is 0. The third kappa shape index (κ3) is 2.37. The number of aliphatic hydroxyl groups is 1. The van der Waals surface area contributed by atoms with Crippen LogP contribution < -0.4 is 5.32 Å². The number of aliphatic hydroxyl groups excluding tert-OH is 1. The Kier molecular flexibility index (Phi) is 3.27. The largest absolute Gasteiger partial charge is 0.388 e. The van der Waals surface area contributed by atoms with Gasteiger partial charge in [0.15, 0.2) is 0 Å². The molecule has 2 aliphatic rings. The Morgan fingerprint density at radius 2 is 2.00 bits per heavy atom. The number of nitrogens with one attached hydrogen (secondary N) is 1. The van der Waals surface area contributed by atoms with E-state index >= 15 is 0 Å². The summed E-state index contributed by atoms with van der Waals surface area (Å²) in [4.78, 5) is 11.4. The maximum atomic E-state index is 13.6. The topological polar surface area (TPSA) is 49.3 Å². The van der Waals surface area contributed by atoms with E-state index in [1.165, 1.54) is 18.6 Å². The van der Waals surface area contributed by atoms with Crippen molar-refractivity contribution in [2.45, 2.75) is 44.6 Å². The predicted molar refractivity (Wildman–Crippen MR) is 70.3 cm³/mol. The van der Waals surface area contributed by atoms with E-state index in [4.69, 9.17) is 0 Å². The Labute approximate surface area is 111 Å². The molecule has 3 rings (SSSR count). The van der Waals surface area contributed by atoms with E-state index in [2.05, 4.69) is 5.32 Å². The van der Waals surface area contributed by atoms with Crippen LogP contribution in [0.25, 0.3) is 0 Å². The molecule has 102 valence electrons. The molecule has 1 heterocycles. The SMILES string of the molecule is O=C1Cc2cc(F)cc(C(O)C3CCCCC3)c2N1. The van der Waals surface area contributed by atoms with Crippen LogP contribution in [0, 0.1) is 11.7 Å². The smallest absolute Gasteiger partial charge is 0.228 e. The minimum Gasteiger partial charge on any atom is -0.388 e. The Bertz CT molecular complexity index is 509. The van der Waals surface area contributed by atoms with Crippen LogP contribution in [0.1, 0.15) is 49.3 Å². The maximum absolute atomic E-state index is 13.6. The van der Waals surface area contributed by atoms with Gasteiger partial charge in [0.2, 0.25) is 5.91 Å². The highest BCUT2D eigenvalue weighted by atomic mass is 19.1. The number of benzene rings is 1. The van der Waals surface area contributed by atoms with Crippen molar-refractivity contribution in [3.8, 4) is 0 Å². The average molecular weight is 263 g/mol. The van der Waals surface area contributed by atoms with Crippen molar-refractivity contribution in [2.75, 3.05) is 5.32 Å². The van der Waals surface area contributed by atoms with Crippen molar-refractivity contribution in [2.24, 2.45) is 5.92 Å². The lowest BCUT2D eigenvalue weighted by atomic mass is 9.82. The highest BCUT2D eigenvalue weighted by molar-refractivity contribution is 6.00. The number of anilines is 1. The molecule has 1 aliphatic heterocycles. The molecule has 1 fully saturated rings. The summed E-state index contributed by atoms with van der Waals surface area (Å²) in [6, 6.07) is 2.74. The first-order valence-corrected chi connectivity index (χ1v) is 6.95. The van der Waals surface area contributed by atoms with Gasteiger partial charge in [-0.25, -0.2) is 4.39 Å². The van der Waals surface area contributed by atoms with Gasteiger partial charge in [0.05, 0.1) is 18.2 Å². The summed E-state index contributed by atoms with van der Waals surface area (Å²) in [6.07, 6.45) is 4.92. The molecule has 1 atom stereocenters. The normalized spacial score (nSPS) is 21.1. The maximum Gasteiger partial charge on any atom is 0.228 e. The minimum atomic E-state index is -0.678. The van der Waals surface area contributed by atoms with E-state index in [-0.39, 0.29) is 24.1 Å². The Hall–Kier alpha value is -1.42. The van der Waals surface area contributed by atoms with Crippen LogP contribution in [0.4, 0.5) is 10.1 Å². The highest BCUT2D eigenvalue weighted by Crippen LogP contribution is 2.40. The molecule has 19 heavy (non-hydrogen) atoms. The Balaban J connectivity index is 1.93. The first-order chi connectivity index (χ1) is 9.15. The fourth-order valence-electron chi connectivity index (χ4n) is 3.27. The molecule has 1 unspecified atom stereocenters. The number of hydrogen-bond donors (Lipinski definition) is 2. The summed E-state index contributed by atoms with van der Waals surface area (Å²) >= 11 is 0. The highest BCUT2D eigenvalue weighted by Gasteiger charge is 2.29. The molecule has 3 nitrogen and oxygen atoms in total. The van der Waals surface area contributed by atoms with E-state index in [0.29, 0.717) is 16.8 Å². The van der Waals surface area contributed by atoms with Crippen molar-refractivity contribution >= 4 is 11.6 Å². The molecule has 2 N–H and O–H groups in total. The molecule has 1 aromatic rings. The molecule has 0 spiro atoms. The third-order valence-electron chi connectivity index (χ3n) is 4.25. The molecule has 1 amide bonds. The monoisotopic (exact) mass is 263 g/mol. The van der Waals surface area contributed by atoms with Crippen LogP contribution in [0.2, 0.25) is 0 Å². The zero-order valence-electron chi connectivity index (χ0n) is 10.8. The molecule has 1 aromatic carbocycles. The first kappa shape index (κ1) is 12.6. The van der Waals surface area contributed by atoms with Gasteiger partial charge in [0.1, 0.15) is 5.82 Å². The lowest BCUT2D eigenvalue weighted by Gasteiger charge is -2.28. The van der Waals surface area contributed by atoms with Gasteiger partial charge in [0.25, 0.3) is 0 Å². The second-order valence-electron chi connectivity index (χ2n) is 5.60. The molecular formula is C15H18FNO2. The van der Waals surface area contributed by atoms with Crippen LogP contribution in [0.15, 0.2) is 12.1 Å². The minimum absolute atomic E-state index is 0.127. The molecule has 1 saturated carbocycles. The number of carbonyl (C=O) groups excluding carboxylic acids is 1. The van der Waals surface area contributed by atoms with Gasteiger partial charge in [-0.1, -0.05) is 19.3 Å². The van der Waals surface area contributed by atoms with Gasteiger partial charge >= 0.3 is 0 Å². The molecule has 4 heteroatoms. The van der Waals surface area contributed by atoms with Crippen LogP contribution in [0.3, 0.4) is 0 Å². The fraction of sp³-hybridized carbons (Fsp3) is 0.533. The van der Waals surface area contributed by atoms with Gasteiger partial charge in [-0.05, 0) is 36.5 Å². The van der Waals surface area contributed by atoms with E-state index in [0.717, 1.165) is 25.7 Å². The summed E-state index contributed by atoms with van der Waals surface area (Å²) in [5.74, 6) is -0.324. The van der Waals surface area contributed by atoms with Gasteiger partial charge in [-0.3, -0.25) is 4.79 Å². The van der Waals surface area contributed by atoms with Crippen LogP contribution >= 0.6 is 0 Å². The Morgan fingerprint density at radius 1 is 1.26 bits per heavy atom. The van der Waals surface area contributed by atoms with Crippen LogP contribution in [-0.2, 0) is 11.2 Å². The number of amides is 1. The second kappa shape index (κ2) is 4.93. The van der Waals surface area contributed by atoms with E-state index < -0.39 is 6.10 Å². The van der Waals surface area contributed by atoms with E-state index in [1.807, 2.05) is 0 Å². The number of rotatable bonds is 2. The summed E-state index contributed by atoms with van der Waals surface area (Å²) in [5.41, 5.74) is 1.84. The van der Waals surface area contributed by atoms with Crippen molar-refractivity contribution in [3.05, 3.63) is 29.1 Å². The number of carbonyl (C=O) groups is 1. The summed E-state index contributed by atoms with van der Waals surface area (Å²) in [7, 11) is 0. The molecule has 0 saturated heterocycles. The lowest BCUT2D eigenvalue weighted by Crippen LogP contribution is -2.17. The van der Waals surface area contributed by atoms with Gasteiger partial charge < -0.3 is 10.4 Å². The lowest BCUT2D eigenvalue weighted by molar-refractivity contribution is -0.115. The van der Waals surface area contributed by atoms with E-state index in [1.54, 1.807) is 0 Å². The standard InChI is InChI=1S/C15H18FNO2/c16-11-6-10-7-13(18)17-14(10)12(8-11)15(19)9-4-2-1-3-5-9/h6,8-9,15,19H,1-5,7H2,(H,17,18). The zero-order chi connectivity index (χ0) is 13.4. The van der Waals surface area contributed by atoms with Crippen molar-refractivity contribution < 1.29 is 14.3 Å². The third-order valence-corrected chi connectivity index (χ3v) is 4.25. The van der Waals surface area contributed by atoms with Gasteiger partial charge in [-0.15, -0.1) is 0 Å². The van der Waals surface area contributed by atoms with Crippen molar-refractivity contribution in [1.29, 1.82) is 0 Å². The second-order valence-corrected chi connectivity index (χ2v) is 5.60. The first-order valence-electron chi connectivity index (χ1n) is 6.95. The van der Waals surface area contributed by atoms with E-state index in [9.17, 15) is 14.3 Å². The van der Waals surface area contributed by atoms with Gasteiger partial charge in [0, 0.05) is 5.56 Å². The number of fused-ring (bicyclic) bond motifs is 1. The molecule has 0 aromatic heterocycles. The molecule has 0 radical (unpaired) electrons. The average Bonchev–Trinajstić information content (AvgIpc) is 2.78. The molecule has 0 bridgehead atoms. The molecular weight excluding hydrogens is 245 g/mol.